The zero-order chi connectivity index (χ0) is 28.0. The van der Waals surface area contributed by atoms with E-state index in [4.69, 9.17) is 14.7 Å². The van der Waals surface area contributed by atoms with Crippen molar-refractivity contribution in [1.82, 2.24) is 30.5 Å². The summed E-state index contributed by atoms with van der Waals surface area (Å²) in [6.07, 6.45) is 3.44. The van der Waals surface area contributed by atoms with Crippen LogP contribution in [-0.2, 0) is 9.53 Å². The van der Waals surface area contributed by atoms with Crippen LogP contribution in [-0.4, -0.2) is 45.7 Å². The lowest BCUT2D eigenvalue weighted by Gasteiger charge is -2.33. The number of nitrogens with one attached hydrogen (secondary N) is 3. The monoisotopic (exact) mass is 543 g/mol. The number of hydrazine groups is 2. The Morgan fingerprint density at radius 1 is 1.18 bits per heavy atom. The van der Waals surface area contributed by atoms with Gasteiger partial charge in [0.25, 0.3) is 0 Å². The second-order valence-corrected chi connectivity index (χ2v) is 10.9. The number of pyridine rings is 2. The highest BCUT2D eigenvalue weighted by Gasteiger charge is 2.33. The molecule has 2 aliphatic heterocycles. The number of benzene rings is 1. The summed E-state index contributed by atoms with van der Waals surface area (Å²) in [6, 6.07) is 12.5. The molecule has 3 N–H and O–H groups in total. The fourth-order valence-electron chi connectivity index (χ4n) is 5.82. The SMILES string of the molecule is CC1=C(c2cnc3c4ccc(NC(=O)C(C)C)nc4n([C@H](c4ccccc4F)C4CCOCC4)c3c2)N(C)NN1. The van der Waals surface area contributed by atoms with Gasteiger partial charge in [-0.1, -0.05) is 32.0 Å². The first kappa shape index (κ1) is 26.2. The molecule has 9 nitrogen and oxygen atoms in total. The second-order valence-electron chi connectivity index (χ2n) is 10.9. The number of nitrogens with zero attached hydrogens (tertiary/aromatic N) is 4. The maximum atomic E-state index is 15.6. The van der Waals surface area contributed by atoms with Gasteiger partial charge in [0.15, 0.2) is 0 Å². The molecule has 0 aliphatic carbocycles. The van der Waals surface area contributed by atoms with E-state index in [1.807, 2.05) is 57.2 Å². The van der Waals surface area contributed by atoms with Gasteiger partial charge >= 0.3 is 0 Å². The van der Waals surface area contributed by atoms with Crippen LogP contribution in [0.1, 0.15) is 50.8 Å². The topological polar surface area (TPSA) is 96.3 Å². The molecule has 1 amide bonds. The molecule has 3 aromatic heterocycles. The van der Waals surface area contributed by atoms with Gasteiger partial charge in [0.1, 0.15) is 17.3 Å². The smallest absolute Gasteiger partial charge is 0.228 e. The summed E-state index contributed by atoms with van der Waals surface area (Å²) >= 11 is 0. The van der Waals surface area contributed by atoms with Gasteiger partial charge in [0.2, 0.25) is 5.91 Å². The molecule has 2 aliphatic rings. The number of hydrogen-bond acceptors (Lipinski definition) is 7. The largest absolute Gasteiger partial charge is 0.381 e. The number of rotatable bonds is 6. The molecule has 1 aromatic carbocycles. The molecule has 40 heavy (non-hydrogen) atoms. The Bertz CT molecular complexity index is 1620. The van der Waals surface area contributed by atoms with Crippen LogP contribution in [0.4, 0.5) is 10.2 Å². The summed E-state index contributed by atoms with van der Waals surface area (Å²) in [6.45, 7) is 6.92. The Hall–Kier alpha value is -4.02. The van der Waals surface area contributed by atoms with E-state index < -0.39 is 0 Å². The molecule has 1 fully saturated rings. The van der Waals surface area contributed by atoms with E-state index in [0.29, 0.717) is 30.2 Å². The third-order valence-electron chi connectivity index (χ3n) is 7.85. The molecule has 0 radical (unpaired) electrons. The minimum absolute atomic E-state index is 0.113. The maximum absolute atomic E-state index is 15.6. The number of anilines is 1. The first-order valence-electron chi connectivity index (χ1n) is 13.7. The van der Waals surface area contributed by atoms with Crippen LogP contribution >= 0.6 is 0 Å². The molecule has 1 saturated heterocycles. The third kappa shape index (κ3) is 4.56. The average Bonchev–Trinajstić information content (AvgIpc) is 3.45. The lowest BCUT2D eigenvalue weighted by Crippen LogP contribution is -2.34. The number of halogens is 1. The third-order valence-corrected chi connectivity index (χ3v) is 7.85. The van der Waals surface area contributed by atoms with Crippen LogP contribution in [0.2, 0.25) is 0 Å². The number of carbonyl (C=O) groups is 1. The van der Waals surface area contributed by atoms with E-state index in [1.54, 1.807) is 12.1 Å². The van der Waals surface area contributed by atoms with Gasteiger partial charge in [-0.3, -0.25) is 14.8 Å². The maximum Gasteiger partial charge on any atom is 0.228 e. The molecular formula is C30H34FN7O2. The van der Waals surface area contributed by atoms with E-state index in [9.17, 15) is 4.79 Å². The van der Waals surface area contributed by atoms with Crippen LogP contribution in [0.25, 0.3) is 27.8 Å². The predicted octanol–water partition coefficient (Wildman–Crippen LogP) is 4.98. The molecule has 0 saturated carbocycles. The molecule has 4 aromatic rings. The van der Waals surface area contributed by atoms with Gasteiger partial charge < -0.3 is 20.0 Å². The van der Waals surface area contributed by atoms with Crippen molar-refractivity contribution in [2.24, 2.45) is 11.8 Å². The molecule has 208 valence electrons. The van der Waals surface area contributed by atoms with E-state index in [-0.39, 0.29) is 29.6 Å². The van der Waals surface area contributed by atoms with Crippen molar-refractivity contribution < 1.29 is 13.9 Å². The number of fused-ring (bicyclic) bond motifs is 3. The number of amides is 1. The number of ether oxygens (including phenoxy) is 1. The standard InChI is InChI=1S/C30H34FN7O2/c1-17(2)30(39)34-25-10-9-22-26-24(15-20(16-32-26)27-18(3)35-36-37(27)4)38(29(22)33-25)28(19-11-13-40-14-12-19)21-7-5-6-8-23(21)31/h5-10,15-17,19,28,35-36H,11-14H2,1-4H3,(H,33,34,39)/t28-/m0/s1. The summed E-state index contributed by atoms with van der Waals surface area (Å²) in [5.41, 5.74) is 12.0. The summed E-state index contributed by atoms with van der Waals surface area (Å²) in [5.74, 6) is 0.00382. The van der Waals surface area contributed by atoms with Crippen LogP contribution in [0, 0.1) is 17.7 Å². The van der Waals surface area contributed by atoms with Crippen molar-refractivity contribution in [1.29, 1.82) is 0 Å². The Morgan fingerprint density at radius 3 is 2.65 bits per heavy atom. The molecule has 10 heteroatoms. The highest BCUT2D eigenvalue weighted by molar-refractivity contribution is 6.06. The van der Waals surface area contributed by atoms with Crippen molar-refractivity contribution in [2.45, 2.75) is 39.7 Å². The highest BCUT2D eigenvalue weighted by atomic mass is 19.1. The van der Waals surface area contributed by atoms with Gasteiger partial charge in [0.05, 0.1) is 28.5 Å². The Morgan fingerprint density at radius 2 is 1.95 bits per heavy atom. The zero-order valence-corrected chi connectivity index (χ0v) is 23.2. The van der Waals surface area contributed by atoms with Crippen molar-refractivity contribution in [2.75, 3.05) is 25.6 Å². The normalized spacial score (nSPS) is 17.2. The van der Waals surface area contributed by atoms with E-state index in [0.717, 1.165) is 46.2 Å². The van der Waals surface area contributed by atoms with Gasteiger partial charge in [-0.15, -0.1) is 5.53 Å². The fourth-order valence-corrected chi connectivity index (χ4v) is 5.82. The minimum Gasteiger partial charge on any atom is -0.381 e. The molecule has 6 rings (SSSR count). The Balaban J connectivity index is 1.64. The molecule has 0 bridgehead atoms. The summed E-state index contributed by atoms with van der Waals surface area (Å²) in [7, 11) is 1.94. The average molecular weight is 544 g/mol. The first-order valence-corrected chi connectivity index (χ1v) is 13.7. The Labute approximate surface area is 232 Å². The molecule has 5 heterocycles. The van der Waals surface area contributed by atoms with Gasteiger partial charge in [-0.25, -0.2) is 9.37 Å². The summed E-state index contributed by atoms with van der Waals surface area (Å²) in [5, 5.41) is 5.69. The van der Waals surface area contributed by atoms with E-state index >= 15 is 4.39 Å². The quantitative estimate of drug-likeness (QED) is 0.316. The number of allylic oxidation sites excluding steroid dienone is 1. The molecule has 0 unspecified atom stereocenters. The number of hydrogen-bond donors (Lipinski definition) is 3. The van der Waals surface area contributed by atoms with Crippen molar-refractivity contribution >= 4 is 39.5 Å². The molecular weight excluding hydrogens is 509 g/mol. The summed E-state index contributed by atoms with van der Waals surface area (Å²) < 4.78 is 23.4. The van der Waals surface area contributed by atoms with Crippen molar-refractivity contribution in [3.63, 3.8) is 0 Å². The van der Waals surface area contributed by atoms with Gasteiger partial charge in [0, 0.05) is 48.9 Å². The van der Waals surface area contributed by atoms with Crippen LogP contribution < -0.4 is 16.3 Å². The zero-order valence-electron chi connectivity index (χ0n) is 23.2. The molecule has 0 spiro atoms. The fraction of sp³-hybridized carbons (Fsp3) is 0.367. The van der Waals surface area contributed by atoms with E-state index in [2.05, 4.69) is 26.9 Å². The lowest BCUT2D eigenvalue weighted by molar-refractivity contribution is -0.118. The van der Waals surface area contributed by atoms with Crippen LogP contribution in [0.15, 0.2) is 54.4 Å². The van der Waals surface area contributed by atoms with Gasteiger partial charge in [-0.2, -0.15) is 0 Å². The Kier molecular flexibility index (Phi) is 6.89. The molecule has 1 atom stereocenters. The first-order chi connectivity index (χ1) is 19.3. The van der Waals surface area contributed by atoms with E-state index in [1.165, 1.54) is 6.07 Å². The van der Waals surface area contributed by atoms with Crippen molar-refractivity contribution in [3.8, 4) is 0 Å². The minimum atomic E-state index is -0.349. The van der Waals surface area contributed by atoms with Gasteiger partial charge in [-0.05, 0) is 49.9 Å². The highest BCUT2D eigenvalue weighted by Crippen LogP contribution is 2.41. The lowest BCUT2D eigenvalue weighted by atomic mass is 9.86. The van der Waals surface area contributed by atoms with Crippen LogP contribution in [0.5, 0.6) is 0 Å². The number of aromatic nitrogens is 3. The second kappa shape index (κ2) is 10.5. The predicted molar refractivity (Wildman–Crippen MR) is 153 cm³/mol. The summed E-state index contributed by atoms with van der Waals surface area (Å²) in [4.78, 5) is 22.4. The van der Waals surface area contributed by atoms with Crippen LogP contribution in [0.3, 0.4) is 0 Å². The number of carbonyl (C=O) groups excluding carboxylic acids is 1. The van der Waals surface area contributed by atoms with Crippen molar-refractivity contribution in [3.05, 3.63) is 71.3 Å².